The van der Waals surface area contributed by atoms with E-state index in [1.54, 1.807) is 6.08 Å². The first-order chi connectivity index (χ1) is 3.80. The third-order valence-electron chi connectivity index (χ3n) is 0.700. The first kappa shape index (κ1) is 10.9. The zero-order chi connectivity index (χ0) is 5.98. The van der Waals surface area contributed by atoms with Crippen LogP contribution in [0, 0.1) is 0 Å². The number of rotatable bonds is 1. The minimum Gasteiger partial charge on any atom is 1.00 e. The van der Waals surface area contributed by atoms with E-state index in [0.29, 0.717) is 26.3 Å². The van der Waals surface area contributed by atoms with Crippen molar-refractivity contribution in [2.45, 2.75) is 4.82 Å². The van der Waals surface area contributed by atoms with E-state index in [1.165, 1.54) is 0 Å². The minimum atomic E-state index is -0.902. The molecule has 1 rings (SSSR count). The van der Waals surface area contributed by atoms with Crippen LogP contribution in [0.4, 0.5) is 0 Å². The van der Waals surface area contributed by atoms with Crippen LogP contribution in [0.5, 0.6) is 0 Å². The molecule has 1 aliphatic heterocycles. The van der Waals surface area contributed by atoms with Gasteiger partial charge in [0.1, 0.15) is 0 Å². The zero-order valence-corrected chi connectivity index (χ0v) is 11.4. The van der Waals surface area contributed by atoms with Gasteiger partial charge in [0.05, 0.1) is 0 Å². The minimum absolute atomic E-state index is 0. The summed E-state index contributed by atoms with van der Waals surface area (Å²) in [7, 11) is 0. The van der Waals surface area contributed by atoms with Gasteiger partial charge in [-0.25, -0.2) is 0 Å². The van der Waals surface area contributed by atoms with Crippen molar-refractivity contribution in [2.75, 3.05) is 0 Å². The van der Waals surface area contributed by atoms with E-state index in [4.69, 9.17) is 0 Å². The first-order valence-corrected chi connectivity index (χ1v) is 8.31. The van der Waals surface area contributed by atoms with Gasteiger partial charge in [-0.05, 0) is 0 Å². The van der Waals surface area contributed by atoms with Crippen molar-refractivity contribution < 1.29 is 61.3 Å². The molecule has 0 amide bonds. The largest absolute Gasteiger partial charge is 1.00 e. The van der Waals surface area contributed by atoms with E-state index in [0.717, 1.165) is 0 Å². The third-order valence-corrected chi connectivity index (χ3v) is 7.35. The van der Waals surface area contributed by atoms with Gasteiger partial charge in [-0.15, -0.1) is 0 Å². The molecule has 1 unspecified atom stereocenters. The summed E-state index contributed by atoms with van der Waals surface area (Å²) in [6, 6.07) is 0. The van der Waals surface area contributed by atoms with Crippen LogP contribution in [-0.4, -0.2) is 32.2 Å². The van der Waals surface area contributed by atoms with E-state index >= 15 is 0 Å². The molecule has 2 nitrogen and oxygen atoms in total. The van der Waals surface area contributed by atoms with Crippen molar-refractivity contribution in [3.8, 4) is 0 Å². The van der Waals surface area contributed by atoms with Gasteiger partial charge in [-0.3, -0.25) is 0 Å². The maximum Gasteiger partial charge on any atom is 1.00 e. The van der Waals surface area contributed by atoms with Crippen molar-refractivity contribution in [2.24, 2.45) is 0 Å². The van der Waals surface area contributed by atoms with E-state index in [9.17, 15) is 9.90 Å². The second-order valence-corrected chi connectivity index (χ2v) is 7.90. The van der Waals surface area contributed by atoms with Crippen LogP contribution in [0.15, 0.2) is 11.1 Å². The summed E-state index contributed by atoms with van der Waals surface area (Å²) >= 11 is 0.781. The molecule has 9 heavy (non-hydrogen) atoms. The molecule has 44 valence electrons. The Bertz CT molecular complexity index is 137. The fraction of sp³-hybridized carbons (Fsp3) is 0.250. The Morgan fingerprint density at radius 1 is 1.67 bits per heavy atom. The molecule has 0 aromatic rings. The fourth-order valence-corrected chi connectivity index (χ4v) is 6.42. The van der Waals surface area contributed by atoms with Crippen LogP contribution in [0.1, 0.15) is 0 Å². The molecule has 0 N–H and O–H groups in total. The van der Waals surface area contributed by atoms with Crippen molar-refractivity contribution in [1.82, 2.24) is 0 Å². The SMILES string of the molecule is O=C([O-])C1C=C[Se][Se]1.[K+]. The number of hydrogen-bond donors (Lipinski definition) is 0. The molecule has 0 aliphatic carbocycles. The number of carbonyl (C=O) groups is 1. The summed E-state index contributed by atoms with van der Waals surface area (Å²) in [5, 5.41) is 10.1. The Hall–Kier alpha value is 1.89. The summed E-state index contributed by atoms with van der Waals surface area (Å²) < 4.78 is 0. The summed E-state index contributed by atoms with van der Waals surface area (Å²) in [6.07, 6.45) is 1.75. The van der Waals surface area contributed by atoms with E-state index in [2.05, 4.69) is 0 Å². The van der Waals surface area contributed by atoms with Crippen LogP contribution in [0.3, 0.4) is 0 Å². The first-order valence-electron chi connectivity index (χ1n) is 2.00. The van der Waals surface area contributed by atoms with Gasteiger partial charge in [0, 0.05) is 0 Å². The molecule has 0 aromatic heterocycles. The summed E-state index contributed by atoms with van der Waals surface area (Å²) in [5.41, 5.74) is 0. The van der Waals surface area contributed by atoms with Crippen LogP contribution in [0.25, 0.3) is 0 Å². The Morgan fingerprint density at radius 3 is 2.56 bits per heavy atom. The number of hydrogen-bond acceptors (Lipinski definition) is 2. The molecule has 0 spiro atoms. The molecule has 0 saturated heterocycles. The Kier molecular flexibility index (Phi) is 6.68. The van der Waals surface area contributed by atoms with Crippen molar-refractivity contribution in [3.63, 3.8) is 0 Å². The molecule has 1 atom stereocenters. The van der Waals surface area contributed by atoms with Crippen LogP contribution in [0.2, 0.25) is 4.82 Å². The zero-order valence-electron chi connectivity index (χ0n) is 4.87. The smallest absolute Gasteiger partial charge is 1.00 e. The fourth-order valence-electron chi connectivity index (χ4n) is 0.345. The molecule has 0 fully saturated rings. The third kappa shape index (κ3) is 3.70. The standard InChI is InChI=1S/C4H4O2Se2.K/c5-4(6)3-1-2-7-8-3;/h1-3H,(H,5,6);/q;+1/p-1. The Balaban J connectivity index is 0.000000640. The van der Waals surface area contributed by atoms with Gasteiger partial charge in [0.25, 0.3) is 0 Å². The predicted octanol–water partition coefficient (Wildman–Crippen LogP) is -4.62. The maximum absolute atomic E-state index is 10.1. The van der Waals surface area contributed by atoms with Crippen molar-refractivity contribution >= 4 is 32.2 Å². The Morgan fingerprint density at radius 2 is 2.33 bits per heavy atom. The van der Waals surface area contributed by atoms with E-state index < -0.39 is 5.97 Å². The summed E-state index contributed by atoms with van der Waals surface area (Å²) in [4.78, 5) is 11.8. The monoisotopic (exact) mass is 282 g/mol. The quantitative estimate of drug-likeness (QED) is 0.453. The summed E-state index contributed by atoms with van der Waals surface area (Å²) in [6.45, 7) is 0. The average Bonchev–Trinajstić information content (AvgIpc) is 2.12. The molecule has 5 heteroatoms. The van der Waals surface area contributed by atoms with E-state index in [1.807, 2.05) is 4.97 Å². The van der Waals surface area contributed by atoms with Crippen LogP contribution in [-0.2, 0) is 4.79 Å². The topological polar surface area (TPSA) is 40.1 Å². The second-order valence-electron chi connectivity index (χ2n) is 1.26. The molecule has 0 aromatic carbocycles. The average molecular weight is 280 g/mol. The van der Waals surface area contributed by atoms with E-state index in [-0.39, 0.29) is 56.2 Å². The normalized spacial score (nSPS) is 23.3. The predicted molar refractivity (Wildman–Crippen MR) is 29.4 cm³/mol. The van der Waals surface area contributed by atoms with Crippen LogP contribution < -0.4 is 56.5 Å². The van der Waals surface area contributed by atoms with Gasteiger partial charge in [-0.1, -0.05) is 0 Å². The molecule has 0 radical (unpaired) electrons. The van der Waals surface area contributed by atoms with Gasteiger partial charge >= 0.3 is 109 Å². The molecule has 0 saturated carbocycles. The number of carboxylic acids is 1. The Labute approximate surface area is 107 Å². The summed E-state index contributed by atoms with van der Waals surface area (Å²) in [5.74, 6) is -0.902. The number of carbonyl (C=O) groups excluding carboxylic acids is 1. The van der Waals surface area contributed by atoms with Gasteiger partial charge in [0.15, 0.2) is 0 Å². The van der Waals surface area contributed by atoms with Gasteiger partial charge < -0.3 is 0 Å². The molecule has 1 heterocycles. The van der Waals surface area contributed by atoms with Crippen LogP contribution >= 0.6 is 0 Å². The number of aliphatic carboxylic acids is 1. The van der Waals surface area contributed by atoms with Gasteiger partial charge in [-0.2, -0.15) is 0 Å². The molecule has 1 aliphatic rings. The van der Waals surface area contributed by atoms with Crippen molar-refractivity contribution in [3.05, 3.63) is 11.1 Å². The van der Waals surface area contributed by atoms with Gasteiger partial charge in [0.2, 0.25) is 0 Å². The second kappa shape index (κ2) is 5.52. The van der Waals surface area contributed by atoms with Crippen molar-refractivity contribution in [1.29, 1.82) is 0 Å². The maximum atomic E-state index is 10.1. The number of carboxylic acid groups (broad SMARTS) is 1. The molecular formula is C4H3KO2Se2. The molecular weight excluding hydrogens is 277 g/mol. The molecule has 0 bridgehead atoms.